The Hall–Kier alpha value is -1.60. The number of para-hydroxylation sites is 1. The molecule has 2 rings (SSSR count). The van der Waals surface area contributed by atoms with Gasteiger partial charge in [-0.25, -0.2) is 12.7 Å². The minimum atomic E-state index is -3.56. The van der Waals surface area contributed by atoms with Gasteiger partial charge < -0.3 is 10.4 Å². The Bertz CT molecular complexity index is 636. The number of carboxylic acid groups (broad SMARTS) is 1. The molecule has 0 atom stereocenters. The highest BCUT2D eigenvalue weighted by atomic mass is 32.2. The zero-order valence-corrected chi connectivity index (χ0v) is 13.0. The molecule has 0 aromatic heterocycles. The van der Waals surface area contributed by atoms with Crippen molar-refractivity contribution >= 4 is 21.7 Å². The summed E-state index contributed by atoms with van der Waals surface area (Å²) in [6.45, 7) is 0.238. The molecule has 21 heavy (non-hydrogen) atoms. The van der Waals surface area contributed by atoms with Crippen LogP contribution in [0, 0.1) is 5.41 Å². The van der Waals surface area contributed by atoms with E-state index in [1.54, 1.807) is 18.2 Å². The van der Waals surface area contributed by atoms with Gasteiger partial charge in [-0.05, 0) is 25.0 Å². The van der Waals surface area contributed by atoms with Crippen molar-refractivity contribution in [3.8, 4) is 0 Å². The normalized spacial score (nSPS) is 17.3. The van der Waals surface area contributed by atoms with Gasteiger partial charge in [0.15, 0.2) is 0 Å². The monoisotopic (exact) mass is 312 g/mol. The molecule has 0 radical (unpaired) electrons. The average molecular weight is 312 g/mol. The van der Waals surface area contributed by atoms with Crippen LogP contribution in [0.2, 0.25) is 0 Å². The number of hydrogen-bond acceptors (Lipinski definition) is 4. The van der Waals surface area contributed by atoms with Gasteiger partial charge in [0.2, 0.25) is 10.0 Å². The fraction of sp³-hybridized carbons (Fsp3) is 0.500. The second-order valence-electron chi connectivity index (χ2n) is 5.58. The van der Waals surface area contributed by atoms with Crippen LogP contribution < -0.4 is 5.32 Å². The van der Waals surface area contributed by atoms with Crippen molar-refractivity contribution in [1.82, 2.24) is 4.31 Å². The molecule has 0 heterocycles. The smallest absolute Gasteiger partial charge is 0.311 e. The van der Waals surface area contributed by atoms with Crippen molar-refractivity contribution in [3.63, 3.8) is 0 Å². The third-order valence-corrected chi connectivity index (χ3v) is 5.90. The van der Waals surface area contributed by atoms with Crippen molar-refractivity contribution < 1.29 is 18.3 Å². The number of rotatable bonds is 6. The molecule has 1 saturated carbocycles. The van der Waals surface area contributed by atoms with E-state index >= 15 is 0 Å². The molecule has 1 aromatic rings. The van der Waals surface area contributed by atoms with Crippen molar-refractivity contribution in [1.29, 1.82) is 0 Å². The number of nitrogens with one attached hydrogen (secondary N) is 1. The first-order chi connectivity index (χ1) is 9.79. The SMILES string of the molecule is CN(C)S(=O)(=O)c1ccccc1NCC1(C(=O)O)CCC1. The van der Waals surface area contributed by atoms with Gasteiger partial charge in [0.25, 0.3) is 0 Å². The summed E-state index contributed by atoms with van der Waals surface area (Å²) in [5.74, 6) is -0.825. The lowest BCUT2D eigenvalue weighted by Gasteiger charge is -2.38. The number of aliphatic carboxylic acids is 1. The van der Waals surface area contributed by atoms with Gasteiger partial charge in [0, 0.05) is 20.6 Å². The van der Waals surface area contributed by atoms with Crippen molar-refractivity contribution in [3.05, 3.63) is 24.3 Å². The molecule has 0 unspecified atom stereocenters. The zero-order valence-electron chi connectivity index (χ0n) is 12.2. The minimum absolute atomic E-state index is 0.162. The van der Waals surface area contributed by atoms with Crippen molar-refractivity contribution in [2.45, 2.75) is 24.2 Å². The number of nitrogens with zero attached hydrogens (tertiary/aromatic N) is 1. The predicted molar refractivity (Wildman–Crippen MR) is 79.7 cm³/mol. The topological polar surface area (TPSA) is 86.7 Å². The maximum atomic E-state index is 12.3. The van der Waals surface area contributed by atoms with E-state index in [-0.39, 0.29) is 11.4 Å². The van der Waals surface area contributed by atoms with Gasteiger partial charge in [0.05, 0.1) is 11.1 Å². The second kappa shape index (κ2) is 5.65. The van der Waals surface area contributed by atoms with E-state index in [0.717, 1.165) is 10.7 Å². The van der Waals surface area contributed by atoms with Crippen LogP contribution in [0.5, 0.6) is 0 Å². The molecule has 0 amide bonds. The number of anilines is 1. The molecule has 6 nitrogen and oxygen atoms in total. The van der Waals surface area contributed by atoms with Crippen LogP contribution in [0.3, 0.4) is 0 Å². The minimum Gasteiger partial charge on any atom is -0.481 e. The first-order valence-corrected chi connectivity index (χ1v) is 8.22. The predicted octanol–water partition coefficient (Wildman–Crippen LogP) is 1.60. The Balaban J connectivity index is 2.24. The van der Waals surface area contributed by atoms with Crippen LogP contribution in [0.4, 0.5) is 5.69 Å². The van der Waals surface area contributed by atoms with Gasteiger partial charge in [-0.15, -0.1) is 0 Å². The highest BCUT2D eigenvalue weighted by Gasteiger charge is 2.44. The Morgan fingerprint density at radius 3 is 2.43 bits per heavy atom. The molecule has 0 aliphatic heterocycles. The lowest BCUT2D eigenvalue weighted by atomic mass is 9.69. The number of carbonyl (C=O) groups is 1. The largest absolute Gasteiger partial charge is 0.481 e. The maximum Gasteiger partial charge on any atom is 0.311 e. The van der Waals surface area contributed by atoms with E-state index in [1.807, 2.05) is 0 Å². The van der Waals surface area contributed by atoms with Crippen LogP contribution in [-0.2, 0) is 14.8 Å². The first-order valence-electron chi connectivity index (χ1n) is 6.78. The number of hydrogen-bond donors (Lipinski definition) is 2. The molecule has 0 bridgehead atoms. The zero-order chi connectivity index (χ0) is 15.7. The van der Waals surface area contributed by atoms with Crippen molar-refractivity contribution in [2.75, 3.05) is 26.0 Å². The maximum absolute atomic E-state index is 12.3. The lowest BCUT2D eigenvalue weighted by Crippen LogP contribution is -2.43. The van der Waals surface area contributed by atoms with Crippen LogP contribution >= 0.6 is 0 Å². The standard InChI is InChI=1S/C14H20N2O4S/c1-16(2)21(19,20)12-7-4-3-6-11(12)15-10-14(13(17)18)8-5-9-14/h3-4,6-7,15H,5,8-10H2,1-2H3,(H,17,18). The van der Waals surface area contributed by atoms with Crippen LogP contribution in [0.1, 0.15) is 19.3 Å². The van der Waals surface area contributed by atoms with E-state index < -0.39 is 21.4 Å². The number of sulfonamides is 1. The van der Waals surface area contributed by atoms with Crippen LogP contribution in [-0.4, -0.2) is 44.4 Å². The van der Waals surface area contributed by atoms with E-state index in [1.165, 1.54) is 20.2 Å². The Morgan fingerprint density at radius 2 is 1.95 bits per heavy atom. The third-order valence-electron chi connectivity index (χ3n) is 4.03. The van der Waals surface area contributed by atoms with Crippen molar-refractivity contribution in [2.24, 2.45) is 5.41 Å². The highest BCUT2D eigenvalue weighted by Crippen LogP contribution is 2.41. The molecule has 1 aliphatic rings. The fourth-order valence-corrected chi connectivity index (χ4v) is 3.43. The van der Waals surface area contributed by atoms with Gasteiger partial charge in [-0.1, -0.05) is 18.6 Å². The molecular weight excluding hydrogens is 292 g/mol. The molecule has 1 fully saturated rings. The van der Waals surface area contributed by atoms with Gasteiger partial charge in [-0.3, -0.25) is 4.79 Å². The number of carboxylic acids is 1. The molecule has 116 valence electrons. The van der Waals surface area contributed by atoms with Crippen LogP contribution in [0.15, 0.2) is 29.2 Å². The summed E-state index contributed by atoms with van der Waals surface area (Å²) in [7, 11) is -0.623. The Kier molecular flexibility index (Phi) is 4.25. The summed E-state index contributed by atoms with van der Waals surface area (Å²) in [5, 5.41) is 12.3. The summed E-state index contributed by atoms with van der Waals surface area (Å²) in [6, 6.07) is 6.56. The van der Waals surface area contributed by atoms with Gasteiger partial charge in [-0.2, -0.15) is 0 Å². The fourth-order valence-electron chi connectivity index (χ4n) is 2.37. The molecule has 7 heteroatoms. The molecule has 2 N–H and O–H groups in total. The highest BCUT2D eigenvalue weighted by molar-refractivity contribution is 7.89. The lowest BCUT2D eigenvalue weighted by molar-refractivity contribution is -0.153. The van der Waals surface area contributed by atoms with E-state index in [2.05, 4.69) is 5.32 Å². The summed E-state index contributed by atoms with van der Waals surface area (Å²) >= 11 is 0. The molecule has 0 saturated heterocycles. The quantitative estimate of drug-likeness (QED) is 0.833. The Morgan fingerprint density at radius 1 is 1.33 bits per heavy atom. The first kappa shape index (κ1) is 15.8. The van der Waals surface area contributed by atoms with Gasteiger partial charge in [0.1, 0.15) is 4.90 Å². The summed E-state index contributed by atoms with van der Waals surface area (Å²) in [4.78, 5) is 11.5. The van der Waals surface area contributed by atoms with E-state index in [9.17, 15) is 18.3 Å². The second-order valence-corrected chi connectivity index (χ2v) is 7.70. The van der Waals surface area contributed by atoms with Gasteiger partial charge >= 0.3 is 5.97 Å². The molecule has 1 aliphatic carbocycles. The Labute approximate surface area is 124 Å². The third kappa shape index (κ3) is 2.89. The summed E-state index contributed by atoms with van der Waals surface area (Å²) < 4.78 is 25.7. The van der Waals surface area contributed by atoms with E-state index in [0.29, 0.717) is 18.5 Å². The van der Waals surface area contributed by atoms with E-state index in [4.69, 9.17) is 0 Å². The number of benzene rings is 1. The molecule has 1 aromatic carbocycles. The average Bonchev–Trinajstić information content (AvgIpc) is 2.37. The molecule has 0 spiro atoms. The molecular formula is C14H20N2O4S. The van der Waals surface area contributed by atoms with Crippen LogP contribution in [0.25, 0.3) is 0 Å². The summed E-state index contributed by atoms with van der Waals surface area (Å²) in [6.07, 6.45) is 2.14. The summed E-state index contributed by atoms with van der Waals surface area (Å²) in [5.41, 5.74) is -0.326.